The van der Waals surface area contributed by atoms with E-state index < -0.39 is 0 Å². The van der Waals surface area contributed by atoms with Gasteiger partial charge in [0.1, 0.15) is 5.78 Å². The van der Waals surface area contributed by atoms with E-state index >= 15 is 0 Å². The van der Waals surface area contributed by atoms with E-state index in [-0.39, 0.29) is 40.3 Å². The molecule has 4 rings (SSSR count). The fourth-order valence-electron chi connectivity index (χ4n) is 6.89. The number of aliphatic hydroxyl groups is 1. The van der Waals surface area contributed by atoms with Gasteiger partial charge in [0.25, 0.3) is 0 Å². The molecule has 0 saturated heterocycles. The molecule has 0 aliphatic heterocycles. The summed E-state index contributed by atoms with van der Waals surface area (Å²) in [4.78, 5) is 24.0. The van der Waals surface area contributed by atoms with Gasteiger partial charge in [0.2, 0.25) is 0 Å². The largest absolute Gasteiger partial charge is 0.393 e. The highest BCUT2D eigenvalue weighted by Gasteiger charge is 2.62. The molecule has 0 heterocycles. The van der Waals surface area contributed by atoms with Crippen LogP contribution in [0.25, 0.3) is 0 Å². The highest BCUT2D eigenvalue weighted by molar-refractivity contribution is 6.01. The second kappa shape index (κ2) is 5.14. The Labute approximate surface area is 144 Å². The molecule has 130 valence electrons. The Balaban J connectivity index is 1.72. The van der Waals surface area contributed by atoms with Crippen LogP contribution in [0.3, 0.4) is 0 Å². The fourth-order valence-corrected chi connectivity index (χ4v) is 6.89. The number of ketones is 2. The summed E-state index contributed by atoms with van der Waals surface area (Å²) in [5.41, 5.74) is 1.17. The van der Waals surface area contributed by atoms with Crippen LogP contribution in [0.5, 0.6) is 0 Å². The first kappa shape index (κ1) is 16.3. The Kier molecular flexibility index (Phi) is 3.48. The van der Waals surface area contributed by atoms with Crippen LogP contribution in [-0.4, -0.2) is 22.8 Å². The number of aliphatic hydroxyl groups excluding tert-OH is 1. The highest BCUT2D eigenvalue weighted by Crippen LogP contribution is 2.65. The van der Waals surface area contributed by atoms with Gasteiger partial charge in [0, 0.05) is 11.3 Å². The van der Waals surface area contributed by atoms with Crippen molar-refractivity contribution in [1.29, 1.82) is 0 Å². The molecule has 0 aromatic rings. The van der Waals surface area contributed by atoms with Crippen LogP contribution < -0.4 is 0 Å². The van der Waals surface area contributed by atoms with Crippen LogP contribution >= 0.6 is 0 Å². The Bertz CT molecular complexity index is 660. The van der Waals surface area contributed by atoms with Crippen molar-refractivity contribution in [3.05, 3.63) is 23.8 Å². The zero-order valence-electron chi connectivity index (χ0n) is 14.9. The van der Waals surface area contributed by atoms with Gasteiger partial charge in [-0.25, -0.2) is 0 Å². The molecule has 4 aliphatic carbocycles. The lowest BCUT2D eigenvalue weighted by Gasteiger charge is -2.57. The third-order valence-corrected chi connectivity index (χ3v) is 8.03. The van der Waals surface area contributed by atoms with Crippen molar-refractivity contribution in [3.63, 3.8) is 0 Å². The lowest BCUT2D eigenvalue weighted by Crippen LogP contribution is -2.52. The number of Topliss-reactive ketones (excluding diaryl/α,β-unsaturated/α-hetero) is 1. The summed E-state index contributed by atoms with van der Waals surface area (Å²) in [6.45, 7) is 6.20. The lowest BCUT2D eigenvalue weighted by molar-refractivity contribution is -0.128. The van der Waals surface area contributed by atoms with Gasteiger partial charge >= 0.3 is 0 Å². The maximum absolute atomic E-state index is 12.2. The van der Waals surface area contributed by atoms with Gasteiger partial charge in [-0.1, -0.05) is 25.5 Å². The average Bonchev–Trinajstić information content (AvgIpc) is 2.80. The maximum atomic E-state index is 12.2. The predicted molar refractivity (Wildman–Crippen MR) is 92.2 cm³/mol. The van der Waals surface area contributed by atoms with Gasteiger partial charge in [-0.3, -0.25) is 9.59 Å². The third-order valence-electron chi connectivity index (χ3n) is 8.03. The first-order chi connectivity index (χ1) is 11.3. The van der Waals surface area contributed by atoms with Gasteiger partial charge in [-0.05, 0) is 74.3 Å². The zero-order chi connectivity index (χ0) is 17.3. The lowest BCUT2D eigenvalue weighted by atomic mass is 9.47. The molecule has 0 aromatic carbocycles. The number of carbonyl (C=O) groups excluding carboxylic acids is 2. The van der Waals surface area contributed by atoms with Gasteiger partial charge < -0.3 is 5.11 Å². The Morgan fingerprint density at radius 3 is 2.75 bits per heavy atom. The second-order valence-electron chi connectivity index (χ2n) is 9.03. The molecular weight excluding hydrogens is 300 g/mol. The summed E-state index contributed by atoms with van der Waals surface area (Å²) in [6, 6.07) is 0. The Morgan fingerprint density at radius 1 is 1.29 bits per heavy atom. The second-order valence-corrected chi connectivity index (χ2v) is 9.03. The fraction of sp³-hybridized carbons (Fsp3) is 0.714. The molecule has 0 radical (unpaired) electrons. The van der Waals surface area contributed by atoms with Crippen LogP contribution in [0.4, 0.5) is 0 Å². The van der Waals surface area contributed by atoms with Crippen LogP contribution in [0.1, 0.15) is 52.9 Å². The molecular formula is C21H28O3. The molecule has 24 heavy (non-hydrogen) atoms. The van der Waals surface area contributed by atoms with E-state index in [0.717, 1.165) is 25.7 Å². The summed E-state index contributed by atoms with van der Waals surface area (Å²) in [7, 11) is 0. The molecule has 0 spiro atoms. The molecule has 7 atom stereocenters. The van der Waals surface area contributed by atoms with Crippen LogP contribution in [0.15, 0.2) is 23.8 Å². The van der Waals surface area contributed by atoms with Crippen LogP contribution in [0, 0.1) is 34.5 Å². The molecule has 0 aromatic heterocycles. The van der Waals surface area contributed by atoms with Crippen molar-refractivity contribution in [2.24, 2.45) is 34.5 Å². The Morgan fingerprint density at radius 2 is 2.04 bits per heavy atom. The first-order valence-corrected chi connectivity index (χ1v) is 9.40. The molecule has 3 fully saturated rings. The van der Waals surface area contributed by atoms with Crippen molar-refractivity contribution in [2.75, 3.05) is 0 Å². The van der Waals surface area contributed by atoms with Crippen molar-refractivity contribution in [2.45, 2.75) is 59.0 Å². The summed E-state index contributed by atoms with van der Waals surface area (Å²) in [5.74, 6) is 1.49. The van der Waals surface area contributed by atoms with Gasteiger partial charge in [-0.2, -0.15) is 0 Å². The SMILES string of the molecule is CC(=O)[C@H]1C[C@@H](O)[C@H]2[C@@H]3CCC4=CC(=O)C=C[C@]4(C)[C@H]3CC[C@@]21C. The summed E-state index contributed by atoms with van der Waals surface area (Å²) < 4.78 is 0. The van der Waals surface area contributed by atoms with Crippen LogP contribution in [-0.2, 0) is 9.59 Å². The summed E-state index contributed by atoms with van der Waals surface area (Å²) in [5, 5.41) is 10.8. The van der Waals surface area contributed by atoms with E-state index in [1.165, 1.54) is 5.57 Å². The monoisotopic (exact) mass is 328 g/mol. The van der Waals surface area contributed by atoms with Crippen molar-refractivity contribution in [1.82, 2.24) is 0 Å². The minimum atomic E-state index is -0.361. The highest BCUT2D eigenvalue weighted by atomic mass is 16.3. The van der Waals surface area contributed by atoms with Crippen molar-refractivity contribution < 1.29 is 14.7 Å². The van der Waals surface area contributed by atoms with Gasteiger partial charge in [-0.15, -0.1) is 0 Å². The zero-order valence-corrected chi connectivity index (χ0v) is 14.9. The summed E-state index contributed by atoms with van der Waals surface area (Å²) >= 11 is 0. The molecule has 0 amide bonds. The number of allylic oxidation sites excluding steroid dienone is 4. The quantitative estimate of drug-likeness (QED) is 0.802. The maximum Gasteiger partial charge on any atom is 0.178 e. The van der Waals surface area contributed by atoms with Crippen molar-refractivity contribution >= 4 is 11.6 Å². The van der Waals surface area contributed by atoms with Gasteiger partial charge in [0.15, 0.2) is 5.78 Å². The minimum Gasteiger partial charge on any atom is -0.393 e. The van der Waals surface area contributed by atoms with E-state index in [2.05, 4.69) is 19.9 Å². The molecule has 3 heteroatoms. The molecule has 0 unspecified atom stereocenters. The standard InChI is InChI=1S/C21H28O3/c1-12(22)17-11-18(24)19-15-5-4-13-10-14(23)6-8-20(13,2)16(15)7-9-21(17,19)3/h6,8,10,15-19,24H,4-5,7,9,11H2,1-3H3/t15-,16+,17-,18-,19-,20+,21-/m1/s1. The minimum absolute atomic E-state index is 0.00618. The molecule has 1 N–H and O–H groups in total. The molecule has 4 aliphatic rings. The Hall–Kier alpha value is -1.22. The number of hydrogen-bond acceptors (Lipinski definition) is 3. The van der Waals surface area contributed by atoms with Crippen molar-refractivity contribution in [3.8, 4) is 0 Å². The van der Waals surface area contributed by atoms with Crippen LogP contribution in [0.2, 0.25) is 0 Å². The number of carbonyl (C=O) groups is 2. The normalized spacial score (nSPS) is 49.9. The molecule has 3 saturated carbocycles. The van der Waals surface area contributed by atoms with E-state index in [1.54, 1.807) is 13.0 Å². The summed E-state index contributed by atoms with van der Waals surface area (Å²) in [6.07, 6.45) is 10.0. The molecule has 3 nitrogen and oxygen atoms in total. The smallest absolute Gasteiger partial charge is 0.178 e. The van der Waals surface area contributed by atoms with E-state index in [4.69, 9.17) is 0 Å². The third kappa shape index (κ3) is 2.00. The van der Waals surface area contributed by atoms with E-state index in [1.807, 2.05) is 6.08 Å². The predicted octanol–water partition coefficient (Wildman–Crippen LogP) is 3.47. The number of hydrogen-bond donors (Lipinski definition) is 1. The van der Waals surface area contributed by atoms with Gasteiger partial charge in [0.05, 0.1) is 6.10 Å². The average molecular weight is 328 g/mol. The van der Waals surface area contributed by atoms with E-state index in [0.29, 0.717) is 18.3 Å². The topological polar surface area (TPSA) is 54.4 Å². The number of rotatable bonds is 1. The number of fused-ring (bicyclic) bond motifs is 5. The molecule has 0 bridgehead atoms. The van der Waals surface area contributed by atoms with E-state index in [9.17, 15) is 14.7 Å². The first-order valence-electron chi connectivity index (χ1n) is 9.40.